The van der Waals surface area contributed by atoms with Gasteiger partial charge in [-0.25, -0.2) is 8.42 Å². The van der Waals surface area contributed by atoms with E-state index in [9.17, 15) is 23.3 Å². The number of nitro benzene ring substituents is 1. The lowest BCUT2D eigenvalue weighted by Crippen LogP contribution is -2.30. The van der Waals surface area contributed by atoms with E-state index in [0.29, 0.717) is 0 Å². The van der Waals surface area contributed by atoms with Crippen molar-refractivity contribution < 1.29 is 23.2 Å². The van der Waals surface area contributed by atoms with Crippen molar-refractivity contribution in [3.63, 3.8) is 0 Å². The number of hydrogen-bond donors (Lipinski definition) is 1. The molecule has 0 amide bonds. The van der Waals surface area contributed by atoms with Crippen LogP contribution in [0.15, 0.2) is 29.2 Å². The van der Waals surface area contributed by atoms with Crippen LogP contribution in [-0.2, 0) is 14.8 Å². The van der Waals surface area contributed by atoms with Crippen molar-refractivity contribution in [1.29, 1.82) is 0 Å². The summed E-state index contributed by atoms with van der Waals surface area (Å²) < 4.78 is 25.6. The maximum Gasteiger partial charge on any atom is 0.307 e. The van der Waals surface area contributed by atoms with E-state index >= 15 is 0 Å². The summed E-state index contributed by atoms with van der Waals surface area (Å²) in [7, 11) is -3.90. The minimum absolute atomic E-state index is 0.0992. The summed E-state index contributed by atoms with van der Waals surface area (Å²) in [5.74, 6) is -1.77. The molecule has 0 bridgehead atoms. The lowest BCUT2D eigenvalue weighted by molar-refractivity contribution is -0.385. The summed E-state index contributed by atoms with van der Waals surface area (Å²) in [6.07, 6.45) is 0.240. The predicted molar refractivity (Wildman–Crippen MR) is 67.6 cm³/mol. The van der Waals surface area contributed by atoms with Gasteiger partial charge >= 0.3 is 5.97 Å². The fourth-order valence-corrected chi connectivity index (χ4v) is 3.60. The Bertz CT molecular complexity index is 657. The van der Waals surface area contributed by atoms with Crippen LogP contribution in [0.4, 0.5) is 5.69 Å². The third-order valence-electron chi connectivity index (χ3n) is 3.17. The fraction of sp³-hybridized carbons (Fsp3) is 0.364. The zero-order chi connectivity index (χ0) is 14.9. The number of sulfonamides is 1. The number of non-ortho nitro benzene ring substituents is 1. The highest BCUT2D eigenvalue weighted by molar-refractivity contribution is 7.89. The lowest BCUT2D eigenvalue weighted by Gasteiger charge is -2.15. The van der Waals surface area contributed by atoms with Crippen LogP contribution in [0.3, 0.4) is 0 Å². The number of benzene rings is 1. The Morgan fingerprint density at radius 1 is 1.45 bits per heavy atom. The Kier molecular flexibility index (Phi) is 3.73. The van der Waals surface area contributed by atoms with Gasteiger partial charge in [0.05, 0.1) is 15.7 Å². The summed E-state index contributed by atoms with van der Waals surface area (Å²) in [6.45, 7) is -0.0116. The van der Waals surface area contributed by atoms with Crippen LogP contribution in [0.25, 0.3) is 0 Å². The van der Waals surface area contributed by atoms with E-state index in [2.05, 4.69) is 0 Å². The molecule has 108 valence electrons. The number of nitro groups is 1. The number of hydrogen-bond acceptors (Lipinski definition) is 5. The van der Waals surface area contributed by atoms with Gasteiger partial charge in [0.2, 0.25) is 10.0 Å². The van der Waals surface area contributed by atoms with Crippen molar-refractivity contribution in [2.24, 2.45) is 5.92 Å². The second-order valence-corrected chi connectivity index (χ2v) is 6.38. The van der Waals surface area contributed by atoms with E-state index in [-0.39, 0.29) is 30.1 Å². The van der Waals surface area contributed by atoms with Gasteiger partial charge in [-0.1, -0.05) is 6.07 Å². The molecule has 0 saturated carbocycles. The molecule has 1 aromatic carbocycles. The molecule has 1 heterocycles. The van der Waals surface area contributed by atoms with Crippen LogP contribution in [-0.4, -0.2) is 41.8 Å². The molecule has 1 aromatic rings. The maximum absolute atomic E-state index is 12.3. The van der Waals surface area contributed by atoms with E-state index in [1.54, 1.807) is 0 Å². The van der Waals surface area contributed by atoms with Gasteiger partial charge in [-0.2, -0.15) is 4.31 Å². The lowest BCUT2D eigenvalue weighted by atomic mass is 10.1. The Morgan fingerprint density at radius 3 is 2.70 bits per heavy atom. The van der Waals surface area contributed by atoms with Gasteiger partial charge in [0.1, 0.15) is 0 Å². The molecule has 1 unspecified atom stereocenters. The molecule has 9 heteroatoms. The SMILES string of the molecule is O=C(O)C1CCN(S(=O)(=O)c2cccc([N+](=O)[O-])c2)C1. The molecule has 0 radical (unpaired) electrons. The molecular formula is C11H12N2O6S. The highest BCUT2D eigenvalue weighted by Crippen LogP contribution is 2.26. The highest BCUT2D eigenvalue weighted by Gasteiger charge is 2.36. The first-order chi connectivity index (χ1) is 9.32. The maximum atomic E-state index is 12.3. The fourth-order valence-electron chi connectivity index (χ4n) is 2.05. The summed E-state index contributed by atoms with van der Waals surface area (Å²) in [6, 6.07) is 4.72. The Balaban J connectivity index is 2.30. The first kappa shape index (κ1) is 14.4. The standard InChI is InChI=1S/C11H12N2O6S/c14-11(15)8-4-5-12(7-8)20(18,19)10-3-1-2-9(6-10)13(16)17/h1-3,6,8H,4-5,7H2,(H,14,15). The number of rotatable bonds is 4. The molecular weight excluding hydrogens is 288 g/mol. The monoisotopic (exact) mass is 300 g/mol. The van der Waals surface area contributed by atoms with Gasteiger partial charge in [-0.3, -0.25) is 14.9 Å². The van der Waals surface area contributed by atoms with E-state index in [1.807, 2.05) is 0 Å². The van der Waals surface area contributed by atoms with Crippen molar-refractivity contribution in [3.05, 3.63) is 34.4 Å². The van der Waals surface area contributed by atoms with Crippen LogP contribution in [0.2, 0.25) is 0 Å². The molecule has 2 rings (SSSR count). The van der Waals surface area contributed by atoms with Crippen molar-refractivity contribution in [3.8, 4) is 0 Å². The van der Waals surface area contributed by atoms with Crippen LogP contribution >= 0.6 is 0 Å². The van der Waals surface area contributed by atoms with Gasteiger partial charge in [0, 0.05) is 25.2 Å². The molecule has 0 aromatic heterocycles. The molecule has 1 fully saturated rings. The van der Waals surface area contributed by atoms with Gasteiger partial charge in [-0.15, -0.1) is 0 Å². The summed E-state index contributed by atoms with van der Waals surface area (Å²) >= 11 is 0. The van der Waals surface area contributed by atoms with Crippen molar-refractivity contribution in [2.45, 2.75) is 11.3 Å². The number of carboxylic acid groups (broad SMARTS) is 1. The van der Waals surface area contributed by atoms with Crippen molar-refractivity contribution >= 4 is 21.7 Å². The number of nitrogens with zero attached hydrogens (tertiary/aromatic N) is 2. The number of aliphatic carboxylic acids is 1. The zero-order valence-electron chi connectivity index (χ0n) is 10.3. The van der Waals surface area contributed by atoms with Gasteiger partial charge in [0.25, 0.3) is 5.69 Å². The Hall–Kier alpha value is -2.00. The molecule has 1 saturated heterocycles. The van der Waals surface area contributed by atoms with Gasteiger partial charge in [0.15, 0.2) is 0 Å². The topological polar surface area (TPSA) is 118 Å². The second kappa shape index (κ2) is 5.17. The van der Waals surface area contributed by atoms with E-state index in [0.717, 1.165) is 10.4 Å². The molecule has 8 nitrogen and oxygen atoms in total. The van der Waals surface area contributed by atoms with Crippen LogP contribution in [0, 0.1) is 16.0 Å². The Labute approximate surface area is 114 Å². The normalized spacial score (nSPS) is 19.9. The molecule has 1 aliphatic rings. The third-order valence-corrected chi connectivity index (χ3v) is 5.03. The molecule has 1 N–H and O–H groups in total. The zero-order valence-corrected chi connectivity index (χ0v) is 11.1. The Morgan fingerprint density at radius 2 is 2.15 bits per heavy atom. The first-order valence-electron chi connectivity index (χ1n) is 5.80. The van der Waals surface area contributed by atoms with Gasteiger partial charge in [-0.05, 0) is 12.5 Å². The highest BCUT2D eigenvalue weighted by atomic mass is 32.2. The smallest absolute Gasteiger partial charge is 0.307 e. The van der Waals surface area contributed by atoms with Crippen LogP contribution in [0.1, 0.15) is 6.42 Å². The second-order valence-electron chi connectivity index (χ2n) is 4.44. The number of carbonyl (C=O) groups is 1. The summed E-state index contributed by atoms with van der Waals surface area (Å²) in [5, 5.41) is 19.5. The number of carboxylic acids is 1. The molecule has 0 aliphatic carbocycles. The predicted octanol–water partition coefficient (Wildman–Crippen LogP) is 0.690. The average Bonchev–Trinajstić information content (AvgIpc) is 2.89. The third kappa shape index (κ3) is 2.63. The van der Waals surface area contributed by atoms with Crippen molar-refractivity contribution in [1.82, 2.24) is 4.31 Å². The molecule has 0 spiro atoms. The van der Waals surface area contributed by atoms with Crippen molar-refractivity contribution in [2.75, 3.05) is 13.1 Å². The minimum Gasteiger partial charge on any atom is -0.481 e. The average molecular weight is 300 g/mol. The first-order valence-corrected chi connectivity index (χ1v) is 7.24. The molecule has 1 atom stereocenters. The summed E-state index contributed by atoms with van der Waals surface area (Å²) in [4.78, 5) is 20.6. The molecule has 1 aliphatic heterocycles. The molecule has 20 heavy (non-hydrogen) atoms. The van der Waals surface area contributed by atoms with Crippen LogP contribution in [0.5, 0.6) is 0 Å². The van der Waals surface area contributed by atoms with E-state index < -0.39 is 26.8 Å². The summed E-state index contributed by atoms with van der Waals surface area (Å²) in [5.41, 5.74) is -0.319. The quantitative estimate of drug-likeness (QED) is 0.645. The van der Waals surface area contributed by atoms with E-state index in [4.69, 9.17) is 5.11 Å². The minimum atomic E-state index is -3.90. The van der Waals surface area contributed by atoms with Crippen LogP contribution < -0.4 is 0 Å². The largest absolute Gasteiger partial charge is 0.481 e. The van der Waals surface area contributed by atoms with E-state index in [1.165, 1.54) is 18.2 Å². The van der Waals surface area contributed by atoms with Gasteiger partial charge < -0.3 is 5.11 Å².